The van der Waals surface area contributed by atoms with E-state index in [0.717, 1.165) is 18.9 Å². The Bertz CT molecular complexity index is 188. The molecule has 1 amide bonds. The van der Waals surface area contributed by atoms with Crippen LogP contribution in [-0.2, 0) is 4.79 Å². The summed E-state index contributed by atoms with van der Waals surface area (Å²) in [6.45, 7) is 4.73. The van der Waals surface area contributed by atoms with E-state index in [2.05, 4.69) is 5.32 Å². The summed E-state index contributed by atoms with van der Waals surface area (Å²) in [7, 11) is 0. The third kappa shape index (κ3) is 3.29. The number of carbonyl (C=O) groups excluding carboxylic acids is 1. The van der Waals surface area contributed by atoms with Gasteiger partial charge in [-0.1, -0.05) is 33.1 Å². The van der Waals surface area contributed by atoms with Gasteiger partial charge in [0.2, 0.25) is 5.91 Å². The van der Waals surface area contributed by atoms with E-state index in [1.165, 1.54) is 19.3 Å². The van der Waals surface area contributed by atoms with Crippen LogP contribution in [0.4, 0.5) is 0 Å². The molecule has 0 spiro atoms. The van der Waals surface area contributed by atoms with E-state index in [4.69, 9.17) is 5.73 Å². The summed E-state index contributed by atoms with van der Waals surface area (Å²) >= 11 is 0. The number of nitrogens with one attached hydrogen (secondary N) is 1. The minimum absolute atomic E-state index is 0.000626. The highest BCUT2D eigenvalue weighted by atomic mass is 16.2. The SMILES string of the molecule is CC(C)[C@@H](N)C(=O)NCCC1CCC1. The number of amides is 1. The van der Waals surface area contributed by atoms with Crippen LogP contribution in [0, 0.1) is 11.8 Å². The van der Waals surface area contributed by atoms with Crippen molar-refractivity contribution >= 4 is 5.91 Å². The van der Waals surface area contributed by atoms with Crippen molar-refractivity contribution in [1.29, 1.82) is 0 Å². The van der Waals surface area contributed by atoms with Crippen molar-refractivity contribution in [3.8, 4) is 0 Å². The van der Waals surface area contributed by atoms with Gasteiger partial charge >= 0.3 is 0 Å². The van der Waals surface area contributed by atoms with Crippen LogP contribution in [0.25, 0.3) is 0 Å². The quantitative estimate of drug-likeness (QED) is 0.699. The summed E-state index contributed by atoms with van der Waals surface area (Å²) in [6, 6.07) is -0.351. The number of hydrogen-bond acceptors (Lipinski definition) is 2. The topological polar surface area (TPSA) is 55.1 Å². The summed E-state index contributed by atoms with van der Waals surface area (Å²) in [5, 5.41) is 2.90. The molecule has 0 radical (unpaired) electrons. The summed E-state index contributed by atoms with van der Waals surface area (Å²) in [5.41, 5.74) is 5.71. The number of rotatable bonds is 5. The fraction of sp³-hybridized carbons (Fsp3) is 0.909. The van der Waals surface area contributed by atoms with Crippen LogP contribution in [0.3, 0.4) is 0 Å². The molecular formula is C11H22N2O. The number of carbonyl (C=O) groups is 1. The molecule has 1 saturated carbocycles. The molecule has 1 aliphatic rings. The lowest BCUT2D eigenvalue weighted by Gasteiger charge is -2.25. The van der Waals surface area contributed by atoms with E-state index < -0.39 is 0 Å². The zero-order valence-electron chi connectivity index (χ0n) is 9.25. The normalized spacial score (nSPS) is 19.1. The van der Waals surface area contributed by atoms with Gasteiger partial charge in [0, 0.05) is 6.54 Å². The Morgan fingerprint density at radius 2 is 2.14 bits per heavy atom. The Kier molecular flexibility index (Phi) is 4.39. The van der Waals surface area contributed by atoms with Gasteiger partial charge < -0.3 is 11.1 Å². The fourth-order valence-electron chi connectivity index (χ4n) is 1.60. The lowest BCUT2D eigenvalue weighted by molar-refractivity contribution is -0.123. The van der Waals surface area contributed by atoms with Gasteiger partial charge in [-0.05, 0) is 18.3 Å². The smallest absolute Gasteiger partial charge is 0.237 e. The van der Waals surface area contributed by atoms with Gasteiger partial charge in [-0.2, -0.15) is 0 Å². The second-order valence-corrected chi connectivity index (χ2v) is 4.65. The molecule has 1 fully saturated rings. The Labute approximate surface area is 86.4 Å². The zero-order chi connectivity index (χ0) is 10.6. The lowest BCUT2D eigenvalue weighted by atomic mass is 9.83. The molecule has 0 heterocycles. The monoisotopic (exact) mass is 198 g/mol. The number of hydrogen-bond donors (Lipinski definition) is 2. The van der Waals surface area contributed by atoms with Crippen molar-refractivity contribution in [2.45, 2.75) is 45.6 Å². The van der Waals surface area contributed by atoms with Crippen molar-refractivity contribution in [2.24, 2.45) is 17.6 Å². The summed E-state index contributed by atoms with van der Waals surface area (Å²) < 4.78 is 0. The van der Waals surface area contributed by atoms with Gasteiger partial charge in [-0.3, -0.25) is 4.79 Å². The summed E-state index contributed by atoms with van der Waals surface area (Å²) in [5.74, 6) is 1.07. The molecule has 0 aromatic carbocycles. The van der Waals surface area contributed by atoms with E-state index in [0.29, 0.717) is 0 Å². The van der Waals surface area contributed by atoms with Gasteiger partial charge in [0.15, 0.2) is 0 Å². The largest absolute Gasteiger partial charge is 0.355 e. The van der Waals surface area contributed by atoms with Gasteiger partial charge in [0.05, 0.1) is 6.04 Å². The Hall–Kier alpha value is -0.570. The predicted molar refractivity (Wildman–Crippen MR) is 57.8 cm³/mol. The van der Waals surface area contributed by atoms with E-state index in [1.54, 1.807) is 0 Å². The third-order valence-corrected chi connectivity index (χ3v) is 3.10. The first kappa shape index (κ1) is 11.5. The average molecular weight is 198 g/mol. The maximum Gasteiger partial charge on any atom is 0.237 e. The van der Waals surface area contributed by atoms with Crippen LogP contribution in [0.5, 0.6) is 0 Å². The molecular weight excluding hydrogens is 176 g/mol. The number of nitrogens with two attached hydrogens (primary N) is 1. The molecule has 0 aromatic rings. The standard InChI is InChI=1S/C11H22N2O/c1-8(2)10(12)11(14)13-7-6-9-4-3-5-9/h8-10H,3-7,12H2,1-2H3,(H,13,14)/t10-/m1/s1. The highest BCUT2D eigenvalue weighted by Crippen LogP contribution is 2.28. The second-order valence-electron chi connectivity index (χ2n) is 4.65. The molecule has 1 aliphatic carbocycles. The molecule has 0 aromatic heterocycles. The molecule has 14 heavy (non-hydrogen) atoms. The zero-order valence-corrected chi connectivity index (χ0v) is 9.25. The molecule has 1 rings (SSSR count). The Balaban J connectivity index is 2.07. The molecule has 0 saturated heterocycles. The average Bonchev–Trinajstić information content (AvgIpc) is 2.07. The first-order chi connectivity index (χ1) is 6.61. The van der Waals surface area contributed by atoms with Gasteiger partial charge in [-0.25, -0.2) is 0 Å². The highest BCUT2D eigenvalue weighted by Gasteiger charge is 2.19. The van der Waals surface area contributed by atoms with E-state index in [9.17, 15) is 4.79 Å². The van der Waals surface area contributed by atoms with Gasteiger partial charge in [0.1, 0.15) is 0 Å². The van der Waals surface area contributed by atoms with Crippen LogP contribution in [0.2, 0.25) is 0 Å². The van der Waals surface area contributed by atoms with Crippen molar-refractivity contribution in [2.75, 3.05) is 6.54 Å². The Morgan fingerprint density at radius 1 is 1.50 bits per heavy atom. The van der Waals surface area contributed by atoms with Crippen molar-refractivity contribution in [1.82, 2.24) is 5.32 Å². The third-order valence-electron chi connectivity index (χ3n) is 3.10. The molecule has 3 heteroatoms. The minimum Gasteiger partial charge on any atom is -0.355 e. The predicted octanol–water partition coefficient (Wildman–Crippen LogP) is 1.28. The molecule has 0 aliphatic heterocycles. The molecule has 3 N–H and O–H groups in total. The summed E-state index contributed by atoms with van der Waals surface area (Å²) in [6.07, 6.45) is 5.17. The van der Waals surface area contributed by atoms with Crippen LogP contribution < -0.4 is 11.1 Å². The van der Waals surface area contributed by atoms with Crippen LogP contribution >= 0.6 is 0 Å². The van der Waals surface area contributed by atoms with Crippen LogP contribution in [-0.4, -0.2) is 18.5 Å². The maximum atomic E-state index is 11.4. The fourth-order valence-corrected chi connectivity index (χ4v) is 1.60. The summed E-state index contributed by atoms with van der Waals surface area (Å²) in [4.78, 5) is 11.4. The van der Waals surface area contributed by atoms with Crippen molar-refractivity contribution in [3.63, 3.8) is 0 Å². The first-order valence-electron chi connectivity index (χ1n) is 5.64. The van der Waals surface area contributed by atoms with Gasteiger partial charge in [0.25, 0.3) is 0 Å². The minimum atomic E-state index is -0.351. The van der Waals surface area contributed by atoms with Crippen molar-refractivity contribution < 1.29 is 4.79 Å². The first-order valence-corrected chi connectivity index (χ1v) is 5.64. The lowest BCUT2D eigenvalue weighted by Crippen LogP contribution is -2.44. The second kappa shape index (κ2) is 5.35. The van der Waals surface area contributed by atoms with Crippen LogP contribution in [0.15, 0.2) is 0 Å². The van der Waals surface area contributed by atoms with Crippen molar-refractivity contribution in [3.05, 3.63) is 0 Å². The molecule has 82 valence electrons. The highest BCUT2D eigenvalue weighted by molar-refractivity contribution is 5.81. The van der Waals surface area contributed by atoms with E-state index in [-0.39, 0.29) is 17.9 Å². The van der Waals surface area contributed by atoms with Gasteiger partial charge in [-0.15, -0.1) is 0 Å². The molecule has 3 nitrogen and oxygen atoms in total. The van der Waals surface area contributed by atoms with Crippen LogP contribution in [0.1, 0.15) is 39.5 Å². The molecule has 1 atom stereocenters. The molecule has 0 unspecified atom stereocenters. The maximum absolute atomic E-state index is 11.4. The molecule has 0 bridgehead atoms. The van der Waals surface area contributed by atoms with E-state index in [1.807, 2.05) is 13.8 Å². The Morgan fingerprint density at radius 3 is 2.57 bits per heavy atom. The van der Waals surface area contributed by atoms with E-state index >= 15 is 0 Å².